The van der Waals surface area contributed by atoms with E-state index in [0.29, 0.717) is 25.2 Å². The third-order valence-electron chi connectivity index (χ3n) is 3.24. The van der Waals surface area contributed by atoms with E-state index in [-0.39, 0.29) is 11.5 Å². The minimum absolute atomic E-state index is 0.180. The van der Waals surface area contributed by atoms with E-state index in [1.54, 1.807) is 15.4 Å². The molecule has 0 amide bonds. The molecule has 2 heterocycles. The van der Waals surface area contributed by atoms with E-state index in [2.05, 4.69) is 9.82 Å². The summed E-state index contributed by atoms with van der Waals surface area (Å²) >= 11 is 0. The van der Waals surface area contributed by atoms with Gasteiger partial charge in [-0.3, -0.25) is 4.68 Å². The van der Waals surface area contributed by atoms with Crippen LogP contribution in [0.5, 0.6) is 0 Å². The first-order valence-corrected chi connectivity index (χ1v) is 8.21. The minimum atomic E-state index is -3.55. The number of aryl methyl sites for hydroxylation is 2. The Kier molecular flexibility index (Phi) is 4.81. The van der Waals surface area contributed by atoms with E-state index in [4.69, 9.17) is 0 Å². The van der Waals surface area contributed by atoms with E-state index in [1.165, 1.54) is 12.3 Å². The van der Waals surface area contributed by atoms with Gasteiger partial charge in [0.15, 0.2) is 0 Å². The second-order valence-corrected chi connectivity index (χ2v) is 6.55. The summed E-state index contributed by atoms with van der Waals surface area (Å²) in [5.41, 5.74) is 1.56. The first kappa shape index (κ1) is 15.7. The highest BCUT2D eigenvalue weighted by molar-refractivity contribution is 7.89. The number of aromatic nitrogens is 3. The van der Waals surface area contributed by atoms with Crippen LogP contribution in [0.1, 0.15) is 18.2 Å². The van der Waals surface area contributed by atoms with Gasteiger partial charge in [0.1, 0.15) is 0 Å². The first-order chi connectivity index (χ1) is 9.96. The van der Waals surface area contributed by atoms with Crippen LogP contribution in [0, 0.1) is 0 Å². The van der Waals surface area contributed by atoms with Crippen molar-refractivity contribution in [2.45, 2.75) is 31.4 Å². The summed E-state index contributed by atoms with van der Waals surface area (Å²) in [5, 5.41) is 13.2. The second-order valence-electron chi connectivity index (χ2n) is 4.78. The van der Waals surface area contributed by atoms with Crippen molar-refractivity contribution in [3.63, 3.8) is 0 Å². The first-order valence-electron chi connectivity index (χ1n) is 6.73. The summed E-state index contributed by atoms with van der Waals surface area (Å²) in [7, 11) is -1.74. The van der Waals surface area contributed by atoms with Gasteiger partial charge in [-0.15, -0.1) is 0 Å². The molecule has 0 saturated heterocycles. The summed E-state index contributed by atoms with van der Waals surface area (Å²) in [4.78, 5) is 0.180. The molecule has 0 aliphatic heterocycles. The Morgan fingerprint density at radius 2 is 2.14 bits per heavy atom. The van der Waals surface area contributed by atoms with E-state index >= 15 is 0 Å². The Balaban J connectivity index is 2.02. The average molecular weight is 312 g/mol. The van der Waals surface area contributed by atoms with Crippen LogP contribution in [0.3, 0.4) is 0 Å². The lowest BCUT2D eigenvalue weighted by atomic mass is 10.3. The van der Waals surface area contributed by atoms with Crippen molar-refractivity contribution in [3.8, 4) is 0 Å². The lowest BCUT2D eigenvalue weighted by Gasteiger charge is -2.03. The quantitative estimate of drug-likeness (QED) is 0.767. The Bertz CT molecular complexity index is 681. The minimum Gasteiger partial charge on any atom is -0.390 e. The maximum atomic E-state index is 12.2. The Morgan fingerprint density at radius 3 is 2.67 bits per heavy atom. The van der Waals surface area contributed by atoms with Gasteiger partial charge in [0, 0.05) is 38.2 Å². The fourth-order valence-corrected chi connectivity index (χ4v) is 3.21. The summed E-state index contributed by atoms with van der Waals surface area (Å²) < 4.78 is 30.4. The highest BCUT2D eigenvalue weighted by Crippen LogP contribution is 2.14. The zero-order valence-corrected chi connectivity index (χ0v) is 13.0. The van der Waals surface area contributed by atoms with Crippen molar-refractivity contribution in [3.05, 3.63) is 35.9 Å². The van der Waals surface area contributed by atoms with Crippen LogP contribution in [0.2, 0.25) is 0 Å². The SMILES string of the molecule is CCn1cc(S(=O)(=O)NCCc2cnn(C)c2)cc1CO. The molecule has 2 N–H and O–H groups in total. The average Bonchev–Trinajstić information content (AvgIpc) is 3.04. The van der Waals surface area contributed by atoms with Crippen LogP contribution in [-0.2, 0) is 36.6 Å². The zero-order valence-electron chi connectivity index (χ0n) is 12.2. The van der Waals surface area contributed by atoms with Gasteiger partial charge in [-0.25, -0.2) is 13.1 Å². The van der Waals surface area contributed by atoms with Crippen molar-refractivity contribution in [2.24, 2.45) is 7.05 Å². The molecule has 21 heavy (non-hydrogen) atoms. The van der Waals surface area contributed by atoms with Gasteiger partial charge < -0.3 is 9.67 Å². The van der Waals surface area contributed by atoms with Crippen molar-refractivity contribution < 1.29 is 13.5 Å². The molecule has 7 nitrogen and oxygen atoms in total. The van der Waals surface area contributed by atoms with Gasteiger partial charge in [-0.2, -0.15) is 5.10 Å². The van der Waals surface area contributed by atoms with Gasteiger partial charge in [-0.05, 0) is 25.0 Å². The maximum Gasteiger partial charge on any atom is 0.242 e. The molecule has 0 aromatic carbocycles. The molecule has 2 aromatic heterocycles. The standard InChI is InChI=1S/C13H20N4O3S/c1-3-17-9-13(6-12(17)10-18)21(19,20)15-5-4-11-7-14-16(2)8-11/h6-9,15,18H,3-5,10H2,1-2H3. The van der Waals surface area contributed by atoms with Crippen molar-refractivity contribution >= 4 is 10.0 Å². The predicted molar refractivity (Wildman–Crippen MR) is 78.1 cm³/mol. The molecule has 0 aliphatic carbocycles. The predicted octanol–water partition coefficient (Wildman–Crippen LogP) is 0.255. The monoisotopic (exact) mass is 312 g/mol. The molecular formula is C13H20N4O3S. The number of nitrogens with zero attached hydrogens (tertiary/aromatic N) is 3. The largest absolute Gasteiger partial charge is 0.390 e. The summed E-state index contributed by atoms with van der Waals surface area (Å²) in [5.74, 6) is 0. The van der Waals surface area contributed by atoms with Crippen LogP contribution in [0.15, 0.2) is 29.6 Å². The van der Waals surface area contributed by atoms with Crippen molar-refractivity contribution in [1.82, 2.24) is 19.1 Å². The molecular weight excluding hydrogens is 292 g/mol. The van der Waals surface area contributed by atoms with E-state index in [0.717, 1.165) is 5.56 Å². The molecule has 116 valence electrons. The van der Waals surface area contributed by atoms with E-state index < -0.39 is 10.0 Å². The van der Waals surface area contributed by atoms with Crippen LogP contribution < -0.4 is 4.72 Å². The topological polar surface area (TPSA) is 89.2 Å². The number of sulfonamides is 1. The number of rotatable bonds is 7. The lowest BCUT2D eigenvalue weighted by Crippen LogP contribution is -2.25. The zero-order chi connectivity index (χ0) is 15.5. The fourth-order valence-electron chi connectivity index (χ4n) is 2.11. The number of nitrogens with one attached hydrogen (secondary N) is 1. The molecule has 2 aromatic rings. The number of hydrogen-bond acceptors (Lipinski definition) is 4. The normalized spacial score (nSPS) is 12.0. The molecule has 0 bridgehead atoms. The Labute approximate surface area is 124 Å². The Hall–Kier alpha value is -1.64. The molecule has 0 radical (unpaired) electrons. The smallest absolute Gasteiger partial charge is 0.242 e. The number of aliphatic hydroxyl groups excluding tert-OH is 1. The van der Waals surface area contributed by atoms with Crippen LogP contribution in [0.25, 0.3) is 0 Å². The van der Waals surface area contributed by atoms with Gasteiger partial charge in [0.05, 0.1) is 17.7 Å². The van der Waals surface area contributed by atoms with Crippen molar-refractivity contribution in [1.29, 1.82) is 0 Å². The highest BCUT2D eigenvalue weighted by Gasteiger charge is 2.17. The van der Waals surface area contributed by atoms with Crippen LogP contribution >= 0.6 is 0 Å². The molecule has 0 saturated carbocycles. The number of aliphatic hydroxyl groups is 1. The van der Waals surface area contributed by atoms with E-state index in [9.17, 15) is 13.5 Å². The van der Waals surface area contributed by atoms with Gasteiger partial charge in [0.2, 0.25) is 10.0 Å². The summed E-state index contributed by atoms with van der Waals surface area (Å²) in [6, 6.07) is 1.50. The molecule has 2 rings (SSSR count). The highest BCUT2D eigenvalue weighted by atomic mass is 32.2. The van der Waals surface area contributed by atoms with Crippen LogP contribution in [-0.4, -0.2) is 34.4 Å². The lowest BCUT2D eigenvalue weighted by molar-refractivity contribution is 0.271. The van der Waals surface area contributed by atoms with Gasteiger partial charge in [-0.1, -0.05) is 0 Å². The summed E-state index contributed by atoms with van der Waals surface area (Å²) in [6.45, 7) is 2.63. The number of hydrogen-bond donors (Lipinski definition) is 2. The Morgan fingerprint density at radius 1 is 1.38 bits per heavy atom. The maximum absolute atomic E-state index is 12.2. The molecule has 0 spiro atoms. The fraction of sp³-hybridized carbons (Fsp3) is 0.462. The molecule has 0 aliphatic rings. The molecule has 0 atom stereocenters. The van der Waals surface area contributed by atoms with Gasteiger partial charge in [0.25, 0.3) is 0 Å². The van der Waals surface area contributed by atoms with Crippen molar-refractivity contribution in [2.75, 3.05) is 6.54 Å². The van der Waals surface area contributed by atoms with Crippen LogP contribution in [0.4, 0.5) is 0 Å². The summed E-state index contributed by atoms with van der Waals surface area (Å²) in [6.07, 6.45) is 5.68. The van der Waals surface area contributed by atoms with Gasteiger partial charge >= 0.3 is 0 Å². The van der Waals surface area contributed by atoms with E-state index in [1.807, 2.05) is 20.2 Å². The molecule has 8 heteroatoms. The molecule has 0 unspecified atom stereocenters. The third kappa shape index (κ3) is 3.72. The second kappa shape index (κ2) is 6.42. The third-order valence-corrected chi connectivity index (χ3v) is 4.67. The molecule has 0 fully saturated rings.